The average molecular weight is 373 g/mol. The van der Waals surface area contributed by atoms with Crippen LogP contribution in [-0.4, -0.2) is 0 Å². The molecule has 0 aromatic heterocycles. The maximum Gasteiger partial charge on any atom is 0.107 e. The highest BCUT2D eigenvalue weighted by Crippen LogP contribution is 2.41. The fraction of sp³-hybridized carbons (Fsp3) is 0.0370. The molecule has 29 heavy (non-hydrogen) atoms. The van der Waals surface area contributed by atoms with Crippen LogP contribution < -0.4 is 0 Å². The van der Waals surface area contributed by atoms with Gasteiger partial charge in [0.2, 0.25) is 0 Å². The maximum atomic E-state index is 11.2. The molecule has 0 spiro atoms. The van der Waals surface area contributed by atoms with Crippen LogP contribution in [-0.2, 0) is 6.54 Å². The average Bonchev–Trinajstić information content (AvgIpc) is 2.79. The molecule has 0 amide bonds. The molecule has 0 bridgehead atoms. The van der Waals surface area contributed by atoms with Crippen LogP contribution in [0.2, 0.25) is 0 Å². The van der Waals surface area contributed by atoms with E-state index in [1.54, 1.807) is 0 Å². The smallest absolute Gasteiger partial charge is 0.107 e. The fourth-order valence-corrected chi connectivity index (χ4v) is 4.14. The van der Waals surface area contributed by atoms with Crippen LogP contribution in [0.1, 0.15) is 5.56 Å². The summed E-state index contributed by atoms with van der Waals surface area (Å²) in [6.07, 6.45) is 0. The van der Waals surface area contributed by atoms with Gasteiger partial charge >= 0.3 is 0 Å². The number of nitroso groups, excluding NO2 is 1. The zero-order valence-electron chi connectivity index (χ0n) is 15.9. The van der Waals surface area contributed by atoms with Gasteiger partial charge < -0.3 is 0 Å². The van der Waals surface area contributed by atoms with Crippen LogP contribution in [0.4, 0.5) is 0 Å². The molecule has 2 heteroatoms. The summed E-state index contributed by atoms with van der Waals surface area (Å²) in [5, 5.41) is 7.81. The molecule has 2 nitrogen and oxygen atoms in total. The zero-order valence-corrected chi connectivity index (χ0v) is 15.9. The summed E-state index contributed by atoms with van der Waals surface area (Å²) >= 11 is 0. The third kappa shape index (κ3) is 3.09. The van der Waals surface area contributed by atoms with Gasteiger partial charge in [-0.2, -0.15) is 4.91 Å². The van der Waals surface area contributed by atoms with Gasteiger partial charge in [0.1, 0.15) is 6.54 Å². The second-order valence-corrected chi connectivity index (χ2v) is 7.22. The first-order valence-electron chi connectivity index (χ1n) is 9.73. The molecule has 0 aliphatic rings. The Labute approximate surface area is 169 Å². The molecule has 5 aromatic carbocycles. The molecule has 0 saturated heterocycles. The van der Waals surface area contributed by atoms with Crippen LogP contribution >= 0.6 is 0 Å². The van der Waals surface area contributed by atoms with Crippen molar-refractivity contribution < 1.29 is 0 Å². The van der Waals surface area contributed by atoms with Gasteiger partial charge in [0.25, 0.3) is 0 Å². The van der Waals surface area contributed by atoms with Crippen molar-refractivity contribution >= 4 is 21.5 Å². The van der Waals surface area contributed by atoms with Crippen molar-refractivity contribution in [3.05, 3.63) is 114 Å². The molecule has 0 aliphatic heterocycles. The maximum absolute atomic E-state index is 11.2. The number of benzene rings is 5. The minimum absolute atomic E-state index is 0.156. The van der Waals surface area contributed by atoms with Gasteiger partial charge in [0.15, 0.2) is 0 Å². The Bertz CT molecular complexity index is 1320. The lowest BCUT2D eigenvalue weighted by molar-refractivity contribution is 1.07. The number of fused-ring (bicyclic) bond motifs is 2. The molecule has 0 saturated carbocycles. The highest BCUT2D eigenvalue weighted by Gasteiger charge is 2.16. The Morgan fingerprint density at radius 1 is 0.586 bits per heavy atom. The Morgan fingerprint density at radius 3 is 1.76 bits per heavy atom. The largest absolute Gasteiger partial charge is 0.150 e. The molecular formula is C27H19NO. The van der Waals surface area contributed by atoms with Crippen molar-refractivity contribution in [2.24, 2.45) is 5.18 Å². The van der Waals surface area contributed by atoms with Crippen LogP contribution in [0.3, 0.4) is 0 Å². The molecular weight excluding hydrogens is 354 g/mol. The molecule has 138 valence electrons. The molecule has 0 heterocycles. The van der Waals surface area contributed by atoms with Crippen molar-refractivity contribution in [3.8, 4) is 22.3 Å². The quantitative estimate of drug-likeness (QED) is 0.236. The monoisotopic (exact) mass is 373 g/mol. The summed E-state index contributed by atoms with van der Waals surface area (Å²) in [5.41, 5.74) is 5.57. The predicted molar refractivity (Wildman–Crippen MR) is 122 cm³/mol. The van der Waals surface area contributed by atoms with E-state index in [-0.39, 0.29) is 6.54 Å². The third-order valence-electron chi connectivity index (χ3n) is 5.47. The van der Waals surface area contributed by atoms with Gasteiger partial charge in [-0.15, -0.1) is 0 Å². The number of hydrogen-bond acceptors (Lipinski definition) is 2. The summed E-state index contributed by atoms with van der Waals surface area (Å²) < 4.78 is 0. The van der Waals surface area contributed by atoms with E-state index in [9.17, 15) is 4.91 Å². The summed E-state index contributed by atoms with van der Waals surface area (Å²) in [5.74, 6) is 0. The van der Waals surface area contributed by atoms with Gasteiger partial charge in [-0.3, -0.25) is 0 Å². The molecule has 5 aromatic rings. The van der Waals surface area contributed by atoms with Crippen molar-refractivity contribution in [1.29, 1.82) is 0 Å². The number of hydrogen-bond donors (Lipinski definition) is 0. The summed E-state index contributed by atoms with van der Waals surface area (Å²) in [6.45, 7) is 0.156. The Balaban J connectivity index is 1.97. The predicted octanol–water partition coefficient (Wildman–Crippen LogP) is 7.59. The molecule has 5 rings (SSSR count). The van der Waals surface area contributed by atoms with Crippen LogP contribution in [0, 0.1) is 4.91 Å². The van der Waals surface area contributed by atoms with Crippen molar-refractivity contribution in [3.63, 3.8) is 0 Å². The van der Waals surface area contributed by atoms with E-state index in [0.717, 1.165) is 33.0 Å². The summed E-state index contributed by atoms with van der Waals surface area (Å²) in [4.78, 5) is 11.2. The molecule has 0 N–H and O–H groups in total. The van der Waals surface area contributed by atoms with Crippen LogP contribution in [0.15, 0.2) is 108 Å². The molecule has 0 fully saturated rings. The lowest BCUT2D eigenvalue weighted by Crippen LogP contribution is -1.94. The van der Waals surface area contributed by atoms with Gasteiger partial charge in [0.05, 0.1) is 0 Å². The second-order valence-electron chi connectivity index (χ2n) is 7.22. The molecule has 0 atom stereocenters. The highest BCUT2D eigenvalue weighted by molar-refractivity contribution is 6.10. The van der Waals surface area contributed by atoms with E-state index >= 15 is 0 Å². The Hall–Kier alpha value is -3.78. The van der Waals surface area contributed by atoms with Crippen molar-refractivity contribution in [1.82, 2.24) is 0 Å². The van der Waals surface area contributed by atoms with E-state index in [1.165, 1.54) is 16.3 Å². The first-order valence-corrected chi connectivity index (χ1v) is 9.73. The first-order chi connectivity index (χ1) is 14.3. The van der Waals surface area contributed by atoms with Gasteiger partial charge in [-0.1, -0.05) is 90.1 Å². The highest BCUT2D eigenvalue weighted by atomic mass is 16.3. The Morgan fingerprint density at radius 2 is 1.14 bits per heavy atom. The van der Waals surface area contributed by atoms with Gasteiger partial charge in [0, 0.05) is 0 Å². The topological polar surface area (TPSA) is 29.4 Å². The lowest BCUT2D eigenvalue weighted by Gasteiger charge is -2.18. The first kappa shape index (κ1) is 17.3. The second kappa shape index (κ2) is 7.33. The summed E-state index contributed by atoms with van der Waals surface area (Å²) in [7, 11) is 0. The lowest BCUT2D eigenvalue weighted by atomic mass is 9.86. The normalized spacial score (nSPS) is 11.0. The van der Waals surface area contributed by atoms with E-state index in [0.29, 0.717) is 0 Å². The third-order valence-corrected chi connectivity index (χ3v) is 5.47. The van der Waals surface area contributed by atoms with Crippen LogP contribution in [0.5, 0.6) is 0 Å². The van der Waals surface area contributed by atoms with Gasteiger partial charge in [-0.05, 0) is 67.6 Å². The molecule has 0 aliphatic carbocycles. The minimum Gasteiger partial charge on any atom is -0.150 e. The van der Waals surface area contributed by atoms with E-state index in [2.05, 4.69) is 78.0 Å². The minimum atomic E-state index is 0.156. The van der Waals surface area contributed by atoms with Gasteiger partial charge in [-0.25, -0.2) is 0 Å². The number of nitrogens with zero attached hydrogens (tertiary/aromatic N) is 1. The molecule has 0 unspecified atom stereocenters. The Kier molecular flexibility index (Phi) is 4.38. The van der Waals surface area contributed by atoms with E-state index in [4.69, 9.17) is 0 Å². The standard InChI is InChI=1S/C27H19NO/c29-28-18-23-17-25(19-9-3-1-4-10-19)27(20-11-5-2-6-12-20)26-16-22-14-8-7-13-21(22)15-24(23)26/h1-17H,18H2. The zero-order chi connectivity index (χ0) is 19.6. The SMILES string of the molecule is O=NCc1cc(-c2ccccc2)c(-c2ccccc2)c2cc3ccccc3cc12. The molecule has 0 radical (unpaired) electrons. The van der Waals surface area contributed by atoms with Crippen molar-refractivity contribution in [2.75, 3.05) is 0 Å². The fourth-order valence-electron chi connectivity index (χ4n) is 4.14. The summed E-state index contributed by atoms with van der Waals surface area (Å²) in [6, 6.07) is 35.7. The van der Waals surface area contributed by atoms with E-state index < -0.39 is 0 Å². The van der Waals surface area contributed by atoms with Crippen LogP contribution in [0.25, 0.3) is 43.8 Å². The van der Waals surface area contributed by atoms with E-state index in [1.807, 2.05) is 30.3 Å². The number of rotatable bonds is 4. The van der Waals surface area contributed by atoms with Crippen molar-refractivity contribution in [2.45, 2.75) is 6.54 Å².